The van der Waals surface area contributed by atoms with E-state index in [-0.39, 0.29) is 0 Å². The fourth-order valence-electron chi connectivity index (χ4n) is 2.46. The number of likely N-dealkylation sites (N-methyl/N-ethyl adjacent to an activating group) is 1. The van der Waals surface area contributed by atoms with Gasteiger partial charge in [0, 0.05) is 19.1 Å². The van der Waals surface area contributed by atoms with E-state index in [1.807, 2.05) is 0 Å². The number of benzene rings is 1. The standard InChI is InChI=1S/C15H24N2/c1-3-16-10-12(2)17-11-13-7-8-14-5-4-6-15(14)9-13/h7-9,12,16-17H,3-6,10-11H2,1-2H3. The second-order valence-electron chi connectivity index (χ2n) is 5.05. The van der Waals surface area contributed by atoms with Gasteiger partial charge in [-0.1, -0.05) is 25.1 Å². The second kappa shape index (κ2) is 6.18. The van der Waals surface area contributed by atoms with E-state index in [9.17, 15) is 0 Å². The average Bonchev–Trinajstić information content (AvgIpc) is 2.81. The quantitative estimate of drug-likeness (QED) is 0.786. The van der Waals surface area contributed by atoms with E-state index in [1.165, 1.54) is 24.8 Å². The number of aryl methyl sites for hydroxylation is 2. The van der Waals surface area contributed by atoms with E-state index >= 15 is 0 Å². The first-order valence-electron chi connectivity index (χ1n) is 6.84. The van der Waals surface area contributed by atoms with E-state index in [0.29, 0.717) is 6.04 Å². The highest BCUT2D eigenvalue weighted by Crippen LogP contribution is 2.22. The Kier molecular flexibility index (Phi) is 4.57. The molecule has 2 rings (SSSR count). The third-order valence-electron chi connectivity index (χ3n) is 3.52. The van der Waals surface area contributed by atoms with Gasteiger partial charge in [0.05, 0.1) is 0 Å². The minimum Gasteiger partial charge on any atom is -0.315 e. The van der Waals surface area contributed by atoms with Crippen LogP contribution in [0.2, 0.25) is 0 Å². The SMILES string of the molecule is CCNCC(C)NCc1ccc2c(c1)CCC2. The zero-order chi connectivity index (χ0) is 12.1. The molecule has 0 radical (unpaired) electrons. The molecule has 0 heterocycles. The minimum absolute atomic E-state index is 0.531. The van der Waals surface area contributed by atoms with Gasteiger partial charge in [-0.25, -0.2) is 0 Å². The van der Waals surface area contributed by atoms with E-state index in [4.69, 9.17) is 0 Å². The van der Waals surface area contributed by atoms with Crippen LogP contribution in [0.15, 0.2) is 18.2 Å². The fourth-order valence-corrected chi connectivity index (χ4v) is 2.46. The van der Waals surface area contributed by atoms with Gasteiger partial charge in [0.2, 0.25) is 0 Å². The molecule has 2 N–H and O–H groups in total. The van der Waals surface area contributed by atoms with Gasteiger partial charge >= 0.3 is 0 Å². The summed E-state index contributed by atoms with van der Waals surface area (Å²) in [5.41, 5.74) is 4.56. The van der Waals surface area contributed by atoms with Crippen molar-refractivity contribution in [1.82, 2.24) is 10.6 Å². The molecule has 2 heteroatoms. The lowest BCUT2D eigenvalue weighted by molar-refractivity contribution is 0.509. The van der Waals surface area contributed by atoms with Crippen molar-refractivity contribution in [3.05, 3.63) is 34.9 Å². The molecule has 0 fully saturated rings. The van der Waals surface area contributed by atoms with Crippen molar-refractivity contribution in [3.8, 4) is 0 Å². The highest BCUT2D eigenvalue weighted by atomic mass is 15.0. The Morgan fingerprint density at radius 3 is 2.88 bits per heavy atom. The molecular formula is C15H24N2. The first-order chi connectivity index (χ1) is 8.29. The minimum atomic E-state index is 0.531. The zero-order valence-electron chi connectivity index (χ0n) is 11.1. The number of fused-ring (bicyclic) bond motifs is 1. The zero-order valence-corrected chi connectivity index (χ0v) is 11.1. The van der Waals surface area contributed by atoms with Gasteiger partial charge in [-0.2, -0.15) is 0 Å². The van der Waals surface area contributed by atoms with Crippen molar-refractivity contribution in [2.24, 2.45) is 0 Å². The maximum atomic E-state index is 3.56. The lowest BCUT2D eigenvalue weighted by Gasteiger charge is -2.14. The Hall–Kier alpha value is -0.860. The van der Waals surface area contributed by atoms with Crippen LogP contribution in [0, 0.1) is 0 Å². The number of rotatable bonds is 6. The van der Waals surface area contributed by atoms with Crippen LogP contribution in [-0.2, 0) is 19.4 Å². The van der Waals surface area contributed by atoms with Crippen molar-refractivity contribution in [1.29, 1.82) is 0 Å². The van der Waals surface area contributed by atoms with E-state index in [2.05, 4.69) is 42.7 Å². The maximum absolute atomic E-state index is 3.56. The highest BCUT2D eigenvalue weighted by molar-refractivity contribution is 5.35. The topological polar surface area (TPSA) is 24.1 Å². The molecule has 1 atom stereocenters. The fraction of sp³-hybridized carbons (Fsp3) is 0.600. The Morgan fingerprint density at radius 2 is 2.06 bits per heavy atom. The lowest BCUT2D eigenvalue weighted by Crippen LogP contribution is -2.35. The van der Waals surface area contributed by atoms with Crippen LogP contribution in [0.5, 0.6) is 0 Å². The summed E-state index contributed by atoms with van der Waals surface area (Å²) < 4.78 is 0. The van der Waals surface area contributed by atoms with Gasteiger partial charge in [-0.05, 0) is 49.4 Å². The monoisotopic (exact) mass is 232 g/mol. The van der Waals surface area contributed by atoms with Gasteiger partial charge in [0.25, 0.3) is 0 Å². The van der Waals surface area contributed by atoms with Gasteiger partial charge in [0.15, 0.2) is 0 Å². The van der Waals surface area contributed by atoms with Gasteiger partial charge < -0.3 is 10.6 Å². The first-order valence-corrected chi connectivity index (χ1v) is 6.84. The van der Waals surface area contributed by atoms with E-state index < -0.39 is 0 Å². The molecule has 0 amide bonds. The second-order valence-corrected chi connectivity index (χ2v) is 5.05. The van der Waals surface area contributed by atoms with Crippen molar-refractivity contribution >= 4 is 0 Å². The van der Waals surface area contributed by atoms with Gasteiger partial charge in [-0.15, -0.1) is 0 Å². The highest BCUT2D eigenvalue weighted by Gasteiger charge is 2.10. The van der Waals surface area contributed by atoms with Gasteiger partial charge in [0.1, 0.15) is 0 Å². The molecule has 0 aromatic heterocycles. The predicted molar refractivity (Wildman–Crippen MR) is 73.3 cm³/mol. The third kappa shape index (κ3) is 3.55. The smallest absolute Gasteiger partial charge is 0.0208 e. The maximum Gasteiger partial charge on any atom is 0.0208 e. The normalized spacial score (nSPS) is 15.9. The van der Waals surface area contributed by atoms with Crippen LogP contribution < -0.4 is 10.6 Å². The molecule has 1 unspecified atom stereocenters. The molecule has 1 aromatic carbocycles. The van der Waals surface area contributed by atoms with Crippen molar-refractivity contribution in [3.63, 3.8) is 0 Å². The summed E-state index contributed by atoms with van der Waals surface area (Å²) in [4.78, 5) is 0. The number of nitrogens with one attached hydrogen (secondary N) is 2. The van der Waals surface area contributed by atoms with Crippen LogP contribution in [0.4, 0.5) is 0 Å². The van der Waals surface area contributed by atoms with Crippen LogP contribution in [0.3, 0.4) is 0 Å². The molecule has 0 spiro atoms. The summed E-state index contributed by atoms with van der Waals surface area (Å²) in [7, 11) is 0. The summed E-state index contributed by atoms with van der Waals surface area (Å²) in [5, 5.41) is 6.93. The molecular weight excluding hydrogens is 208 g/mol. The molecule has 0 aliphatic heterocycles. The number of hydrogen-bond acceptors (Lipinski definition) is 2. The Morgan fingerprint density at radius 1 is 1.24 bits per heavy atom. The molecule has 1 aliphatic carbocycles. The summed E-state index contributed by atoms with van der Waals surface area (Å²) in [6.07, 6.45) is 3.89. The molecule has 94 valence electrons. The van der Waals surface area contributed by atoms with Crippen molar-refractivity contribution in [2.45, 2.75) is 45.7 Å². The van der Waals surface area contributed by atoms with Crippen LogP contribution in [-0.4, -0.2) is 19.1 Å². The Balaban J connectivity index is 1.83. The van der Waals surface area contributed by atoms with Crippen LogP contribution in [0.1, 0.15) is 37.0 Å². The van der Waals surface area contributed by atoms with E-state index in [0.717, 1.165) is 19.6 Å². The lowest BCUT2D eigenvalue weighted by atomic mass is 10.1. The molecule has 0 saturated heterocycles. The predicted octanol–water partition coefficient (Wildman–Crippen LogP) is 2.26. The molecule has 1 aliphatic rings. The molecule has 1 aromatic rings. The summed E-state index contributed by atoms with van der Waals surface area (Å²) in [6.45, 7) is 7.45. The first kappa shape index (κ1) is 12.6. The van der Waals surface area contributed by atoms with Gasteiger partial charge in [-0.3, -0.25) is 0 Å². The molecule has 0 saturated carbocycles. The van der Waals surface area contributed by atoms with Crippen molar-refractivity contribution < 1.29 is 0 Å². The third-order valence-corrected chi connectivity index (χ3v) is 3.52. The molecule has 0 bridgehead atoms. The molecule has 17 heavy (non-hydrogen) atoms. The molecule has 2 nitrogen and oxygen atoms in total. The summed E-state index contributed by atoms with van der Waals surface area (Å²) in [6, 6.07) is 7.50. The van der Waals surface area contributed by atoms with Crippen LogP contribution >= 0.6 is 0 Å². The summed E-state index contributed by atoms with van der Waals surface area (Å²) >= 11 is 0. The Bertz CT molecular complexity index is 360. The Labute approximate surface area is 105 Å². The van der Waals surface area contributed by atoms with Crippen LogP contribution in [0.25, 0.3) is 0 Å². The largest absolute Gasteiger partial charge is 0.315 e. The average molecular weight is 232 g/mol. The van der Waals surface area contributed by atoms with Crippen molar-refractivity contribution in [2.75, 3.05) is 13.1 Å². The van der Waals surface area contributed by atoms with E-state index in [1.54, 1.807) is 11.1 Å². The summed E-state index contributed by atoms with van der Waals surface area (Å²) in [5.74, 6) is 0. The number of hydrogen-bond donors (Lipinski definition) is 2.